The molecule has 2 saturated carbocycles. The third-order valence-electron chi connectivity index (χ3n) is 8.04. The Kier molecular flexibility index (Phi) is 9.09. The molecule has 0 aromatic heterocycles. The molecule has 7 unspecified atom stereocenters. The van der Waals surface area contributed by atoms with Gasteiger partial charge in [-0.3, -0.25) is 4.90 Å². The predicted molar refractivity (Wildman–Crippen MR) is 116 cm³/mol. The van der Waals surface area contributed by atoms with Crippen molar-refractivity contribution in [3.63, 3.8) is 0 Å². The van der Waals surface area contributed by atoms with Gasteiger partial charge in [0.2, 0.25) is 0 Å². The Morgan fingerprint density at radius 2 is 1.71 bits per heavy atom. The molecule has 162 valence electrons. The summed E-state index contributed by atoms with van der Waals surface area (Å²) in [6.07, 6.45) is 15.4. The van der Waals surface area contributed by atoms with E-state index in [1.165, 1.54) is 64.3 Å². The highest BCUT2D eigenvalue weighted by Crippen LogP contribution is 2.48. The van der Waals surface area contributed by atoms with Gasteiger partial charge in [0, 0.05) is 19.0 Å². The second kappa shape index (κ2) is 11.3. The van der Waals surface area contributed by atoms with Crippen molar-refractivity contribution in [2.45, 2.75) is 108 Å². The minimum absolute atomic E-state index is 0.282. The first-order valence-corrected chi connectivity index (χ1v) is 12.5. The maximum atomic E-state index is 13.8. The van der Waals surface area contributed by atoms with Crippen LogP contribution in [0.1, 0.15) is 90.4 Å². The van der Waals surface area contributed by atoms with Gasteiger partial charge in [0.1, 0.15) is 12.5 Å². The molecule has 2 nitrogen and oxygen atoms in total. The summed E-state index contributed by atoms with van der Waals surface area (Å²) in [4.78, 5) is 14.0. The highest BCUT2D eigenvalue weighted by molar-refractivity contribution is 6.21. The van der Waals surface area contributed by atoms with E-state index in [9.17, 15) is 9.18 Å². The van der Waals surface area contributed by atoms with E-state index < -0.39 is 6.17 Å². The average molecular weight is 414 g/mol. The average Bonchev–Trinajstić information content (AvgIpc) is 3.04. The first-order chi connectivity index (χ1) is 13.6. The number of unbranched alkanes of at least 4 members (excludes halogenated alkanes) is 5. The fourth-order valence-corrected chi connectivity index (χ4v) is 6.80. The molecule has 4 heteroatoms. The van der Waals surface area contributed by atoms with E-state index in [4.69, 9.17) is 11.6 Å². The number of hydrogen-bond donors (Lipinski definition) is 0. The van der Waals surface area contributed by atoms with Crippen molar-refractivity contribution in [1.82, 2.24) is 4.90 Å². The van der Waals surface area contributed by atoms with Gasteiger partial charge in [-0.25, -0.2) is 4.39 Å². The summed E-state index contributed by atoms with van der Waals surface area (Å²) >= 11 is 6.27. The molecule has 0 aromatic carbocycles. The lowest BCUT2D eigenvalue weighted by Crippen LogP contribution is -2.40. The Hall–Kier alpha value is -0.150. The lowest BCUT2D eigenvalue weighted by Gasteiger charge is -2.42. The monoisotopic (exact) mass is 413 g/mol. The van der Waals surface area contributed by atoms with Gasteiger partial charge >= 0.3 is 0 Å². The molecule has 2 aliphatic carbocycles. The first-order valence-electron chi connectivity index (χ1n) is 12.1. The van der Waals surface area contributed by atoms with Gasteiger partial charge in [0.15, 0.2) is 0 Å². The van der Waals surface area contributed by atoms with Gasteiger partial charge in [0.25, 0.3) is 0 Å². The van der Waals surface area contributed by atoms with Gasteiger partial charge in [-0.2, -0.15) is 0 Å². The Morgan fingerprint density at radius 3 is 2.46 bits per heavy atom. The molecule has 0 aromatic rings. The van der Waals surface area contributed by atoms with Crippen LogP contribution in [0, 0.1) is 23.7 Å². The van der Waals surface area contributed by atoms with E-state index >= 15 is 0 Å². The van der Waals surface area contributed by atoms with Crippen LogP contribution in [0.5, 0.6) is 0 Å². The number of hydrogen-bond acceptors (Lipinski definition) is 2. The number of carbonyl (C=O) groups excluding carboxylic acids is 1. The summed E-state index contributed by atoms with van der Waals surface area (Å²) in [5, 5.41) is -0.282. The Balaban J connectivity index is 1.51. The van der Waals surface area contributed by atoms with Crippen LogP contribution in [0.25, 0.3) is 0 Å². The number of fused-ring (bicyclic) bond motifs is 1. The predicted octanol–water partition coefficient (Wildman–Crippen LogP) is 6.40. The van der Waals surface area contributed by atoms with Crippen LogP contribution in [-0.2, 0) is 4.79 Å². The number of carbonyl (C=O) groups is 1. The van der Waals surface area contributed by atoms with Crippen LogP contribution < -0.4 is 0 Å². The molecule has 1 heterocycles. The van der Waals surface area contributed by atoms with E-state index in [2.05, 4.69) is 11.8 Å². The molecule has 0 spiro atoms. The van der Waals surface area contributed by atoms with Crippen LogP contribution in [0.4, 0.5) is 4.39 Å². The zero-order valence-corrected chi connectivity index (χ0v) is 18.6. The Bertz CT molecular complexity index is 476. The second-order valence-corrected chi connectivity index (χ2v) is 10.4. The molecule has 28 heavy (non-hydrogen) atoms. The van der Waals surface area contributed by atoms with Gasteiger partial charge in [-0.1, -0.05) is 39.0 Å². The number of alkyl halides is 2. The van der Waals surface area contributed by atoms with Crippen molar-refractivity contribution < 1.29 is 9.18 Å². The molecule has 1 saturated heterocycles. The van der Waals surface area contributed by atoms with Gasteiger partial charge in [-0.15, -0.1) is 11.6 Å². The molecule has 0 radical (unpaired) electrons. The number of aldehydes is 1. The topological polar surface area (TPSA) is 20.3 Å². The normalized spacial score (nSPS) is 39.0. The minimum atomic E-state index is -0.809. The van der Waals surface area contributed by atoms with Crippen LogP contribution in [0.15, 0.2) is 0 Å². The van der Waals surface area contributed by atoms with Crippen molar-refractivity contribution in [2.75, 3.05) is 13.1 Å². The summed E-state index contributed by atoms with van der Waals surface area (Å²) in [7, 11) is 0. The molecule has 0 bridgehead atoms. The standard InChI is InChI=1S/C24H41ClFNO/c1-2-3-4-5-6-7-13-27-17-20(12-14-28)21-15-18(9-11-24(21)27)19-8-10-23(26)22(25)16-19/h14,18-24H,2-13,15-17H2,1H3. The molecule has 3 aliphatic rings. The number of rotatable bonds is 10. The summed E-state index contributed by atoms with van der Waals surface area (Å²) in [6, 6.07) is 0.682. The second-order valence-electron chi connectivity index (χ2n) is 9.83. The van der Waals surface area contributed by atoms with Gasteiger partial charge < -0.3 is 4.79 Å². The van der Waals surface area contributed by atoms with Crippen LogP contribution in [-0.4, -0.2) is 41.9 Å². The summed E-state index contributed by atoms with van der Waals surface area (Å²) in [5.74, 6) is 2.49. The van der Waals surface area contributed by atoms with Crippen LogP contribution in [0.2, 0.25) is 0 Å². The van der Waals surface area contributed by atoms with Crippen molar-refractivity contribution in [1.29, 1.82) is 0 Å². The lowest BCUT2D eigenvalue weighted by atomic mass is 9.66. The summed E-state index contributed by atoms with van der Waals surface area (Å²) in [6.45, 7) is 4.60. The van der Waals surface area contributed by atoms with Crippen molar-refractivity contribution in [3.05, 3.63) is 0 Å². The molecular formula is C24H41ClFNO. The molecule has 0 N–H and O–H groups in total. The fraction of sp³-hybridized carbons (Fsp3) is 0.958. The molecular weight excluding hydrogens is 373 g/mol. The third kappa shape index (κ3) is 5.72. The molecule has 7 atom stereocenters. The Labute approximate surface area is 177 Å². The molecule has 3 fully saturated rings. The zero-order valence-electron chi connectivity index (χ0n) is 17.8. The van der Waals surface area contributed by atoms with Crippen molar-refractivity contribution in [2.24, 2.45) is 23.7 Å². The largest absolute Gasteiger partial charge is 0.303 e. The van der Waals surface area contributed by atoms with E-state index in [1.54, 1.807) is 0 Å². The van der Waals surface area contributed by atoms with Crippen LogP contribution >= 0.6 is 11.6 Å². The van der Waals surface area contributed by atoms with Crippen LogP contribution in [0.3, 0.4) is 0 Å². The van der Waals surface area contributed by atoms with E-state index in [0.29, 0.717) is 36.1 Å². The van der Waals surface area contributed by atoms with E-state index in [-0.39, 0.29) is 5.38 Å². The number of halogens is 2. The zero-order chi connectivity index (χ0) is 19.9. The smallest absolute Gasteiger partial charge is 0.120 e. The van der Waals surface area contributed by atoms with E-state index in [0.717, 1.165) is 32.1 Å². The highest BCUT2D eigenvalue weighted by atomic mass is 35.5. The molecule has 3 rings (SSSR count). The fourth-order valence-electron chi connectivity index (χ4n) is 6.45. The summed E-state index contributed by atoms with van der Waals surface area (Å²) < 4.78 is 13.8. The number of likely N-dealkylation sites (tertiary alicyclic amines) is 1. The molecule has 1 aliphatic heterocycles. The first kappa shape index (κ1) is 22.5. The quantitative estimate of drug-likeness (QED) is 0.234. The summed E-state index contributed by atoms with van der Waals surface area (Å²) in [5.41, 5.74) is 0. The Morgan fingerprint density at radius 1 is 1.00 bits per heavy atom. The van der Waals surface area contributed by atoms with Gasteiger partial charge in [-0.05, 0) is 75.2 Å². The number of nitrogens with zero attached hydrogens (tertiary/aromatic N) is 1. The maximum absolute atomic E-state index is 13.8. The van der Waals surface area contributed by atoms with Gasteiger partial charge in [0.05, 0.1) is 5.38 Å². The third-order valence-corrected chi connectivity index (χ3v) is 8.50. The highest BCUT2D eigenvalue weighted by Gasteiger charge is 2.46. The SMILES string of the molecule is CCCCCCCCN1CC(CC=O)C2CC(C3CCC(F)C(Cl)C3)CCC21. The van der Waals surface area contributed by atoms with Crippen molar-refractivity contribution in [3.8, 4) is 0 Å². The lowest BCUT2D eigenvalue weighted by molar-refractivity contribution is -0.108. The maximum Gasteiger partial charge on any atom is 0.120 e. The minimum Gasteiger partial charge on any atom is -0.303 e. The van der Waals surface area contributed by atoms with E-state index in [1.807, 2.05) is 0 Å². The molecule has 0 amide bonds. The van der Waals surface area contributed by atoms with Crippen molar-refractivity contribution >= 4 is 17.9 Å².